The number of rotatable bonds is 5. The second kappa shape index (κ2) is 12.2. The van der Waals surface area contributed by atoms with E-state index in [0.29, 0.717) is 66.2 Å². The SMILES string of the molecule is C[S+]([O-])c1nc(N2CCN(C(=O)OC(C)(C)C)CC2)c2cccc(Oc3c(Cl)c(F)cc4c3cnn4C3CCCCO3)c2n1. The van der Waals surface area contributed by atoms with Crippen molar-refractivity contribution < 1.29 is 27.9 Å². The highest BCUT2D eigenvalue weighted by Crippen LogP contribution is 2.42. The lowest BCUT2D eigenvalue weighted by molar-refractivity contribution is -0.0366. The molecule has 1 amide bonds. The molecule has 11 nitrogen and oxygen atoms in total. The Balaban J connectivity index is 1.36. The fraction of sp³-hybridized carbons (Fsp3) is 0.467. The van der Waals surface area contributed by atoms with Crippen LogP contribution in [0.3, 0.4) is 0 Å². The minimum absolute atomic E-state index is 0.0986. The molecule has 0 saturated carbocycles. The van der Waals surface area contributed by atoms with Gasteiger partial charge in [-0.15, -0.1) is 0 Å². The summed E-state index contributed by atoms with van der Waals surface area (Å²) >= 11 is 4.97. The molecule has 0 N–H and O–H groups in total. The average molecular weight is 645 g/mol. The van der Waals surface area contributed by atoms with Crippen molar-refractivity contribution in [2.45, 2.75) is 57.0 Å². The normalized spacial score (nSPS) is 18.6. The molecule has 0 aliphatic carbocycles. The largest absolute Gasteiger partial charge is 0.609 e. The Bertz CT molecular complexity index is 1700. The van der Waals surface area contributed by atoms with E-state index in [4.69, 9.17) is 25.8 Å². The van der Waals surface area contributed by atoms with Crippen molar-refractivity contribution in [3.05, 3.63) is 41.3 Å². The molecular weight excluding hydrogens is 611 g/mol. The Morgan fingerprint density at radius 1 is 1.16 bits per heavy atom. The van der Waals surface area contributed by atoms with Gasteiger partial charge in [-0.25, -0.2) is 13.9 Å². The van der Waals surface area contributed by atoms with Gasteiger partial charge in [-0.05, 0) is 52.2 Å². The van der Waals surface area contributed by atoms with Crippen molar-refractivity contribution in [1.82, 2.24) is 24.6 Å². The summed E-state index contributed by atoms with van der Waals surface area (Å²) in [4.78, 5) is 25.5. The third-order valence-electron chi connectivity index (χ3n) is 7.53. The number of carbonyl (C=O) groups is 1. The molecule has 4 aromatic rings. The minimum Gasteiger partial charge on any atom is -0.609 e. The van der Waals surface area contributed by atoms with Gasteiger partial charge in [0.15, 0.2) is 17.7 Å². The van der Waals surface area contributed by atoms with Gasteiger partial charge in [0, 0.05) is 55.4 Å². The van der Waals surface area contributed by atoms with E-state index in [0.717, 1.165) is 19.3 Å². The number of hydrogen-bond acceptors (Lipinski definition) is 9. The minimum atomic E-state index is -1.51. The first-order chi connectivity index (χ1) is 21.0. The lowest BCUT2D eigenvalue weighted by atomic mass is 10.1. The van der Waals surface area contributed by atoms with Crippen molar-refractivity contribution in [3.8, 4) is 11.5 Å². The molecule has 6 rings (SSSR count). The van der Waals surface area contributed by atoms with E-state index < -0.39 is 22.6 Å². The van der Waals surface area contributed by atoms with Crippen molar-refractivity contribution in [1.29, 1.82) is 0 Å². The highest BCUT2D eigenvalue weighted by molar-refractivity contribution is 7.90. The molecule has 2 aromatic carbocycles. The van der Waals surface area contributed by atoms with Gasteiger partial charge in [-0.1, -0.05) is 17.7 Å². The second-order valence-corrected chi connectivity index (χ2v) is 13.5. The van der Waals surface area contributed by atoms with Crippen molar-refractivity contribution in [3.63, 3.8) is 0 Å². The zero-order valence-electron chi connectivity index (χ0n) is 25.0. The van der Waals surface area contributed by atoms with Gasteiger partial charge >= 0.3 is 11.2 Å². The van der Waals surface area contributed by atoms with E-state index >= 15 is 4.39 Å². The Kier molecular flexibility index (Phi) is 8.48. The molecule has 0 spiro atoms. The van der Waals surface area contributed by atoms with Crippen LogP contribution in [0.1, 0.15) is 46.3 Å². The third-order valence-corrected chi connectivity index (χ3v) is 8.58. The number of ether oxygens (including phenoxy) is 3. The van der Waals surface area contributed by atoms with Gasteiger partial charge < -0.3 is 28.6 Å². The summed E-state index contributed by atoms with van der Waals surface area (Å²) in [6.07, 6.45) is 5.15. The highest BCUT2D eigenvalue weighted by Gasteiger charge is 2.29. The predicted molar refractivity (Wildman–Crippen MR) is 166 cm³/mol. The number of anilines is 1. The summed E-state index contributed by atoms with van der Waals surface area (Å²) in [6.45, 7) is 7.91. The Labute approximate surface area is 262 Å². The van der Waals surface area contributed by atoms with Gasteiger partial charge in [-0.3, -0.25) is 0 Å². The van der Waals surface area contributed by atoms with Crippen LogP contribution < -0.4 is 9.64 Å². The maximum Gasteiger partial charge on any atom is 0.410 e. The second-order valence-electron chi connectivity index (χ2n) is 11.8. The molecular formula is C30H34ClFN6O5S. The summed E-state index contributed by atoms with van der Waals surface area (Å²) in [7, 11) is 0. The van der Waals surface area contributed by atoms with Crippen molar-refractivity contribution >= 4 is 56.5 Å². The van der Waals surface area contributed by atoms with Gasteiger partial charge in [0.05, 0.1) is 17.1 Å². The summed E-state index contributed by atoms with van der Waals surface area (Å²) < 4.78 is 47.3. The lowest BCUT2D eigenvalue weighted by Crippen LogP contribution is -2.50. The monoisotopic (exact) mass is 644 g/mol. The zero-order chi connectivity index (χ0) is 31.2. The number of aromatic nitrogens is 4. The average Bonchev–Trinajstić information content (AvgIpc) is 3.42. The van der Waals surface area contributed by atoms with E-state index in [1.54, 1.807) is 27.9 Å². The first kappa shape index (κ1) is 30.6. The molecule has 2 saturated heterocycles. The number of para-hydroxylation sites is 1. The van der Waals surface area contributed by atoms with Gasteiger partial charge in [0.2, 0.25) is 0 Å². The van der Waals surface area contributed by atoms with Crippen LogP contribution in [0.15, 0.2) is 35.6 Å². The van der Waals surface area contributed by atoms with E-state index in [-0.39, 0.29) is 28.2 Å². The molecule has 2 aliphatic rings. The van der Waals surface area contributed by atoms with E-state index in [1.807, 2.05) is 31.7 Å². The molecule has 0 bridgehead atoms. The molecule has 0 radical (unpaired) electrons. The van der Waals surface area contributed by atoms with Crippen molar-refractivity contribution in [2.75, 3.05) is 43.9 Å². The van der Waals surface area contributed by atoms with Gasteiger partial charge in [-0.2, -0.15) is 15.1 Å². The van der Waals surface area contributed by atoms with E-state index in [2.05, 4.69) is 15.1 Å². The fourth-order valence-corrected chi connectivity index (χ4v) is 6.06. The Morgan fingerprint density at radius 3 is 2.61 bits per heavy atom. The zero-order valence-corrected chi connectivity index (χ0v) is 26.6. The number of benzene rings is 2. The molecule has 2 fully saturated rings. The van der Waals surface area contributed by atoms with E-state index in [9.17, 15) is 9.35 Å². The quantitative estimate of drug-likeness (QED) is 0.189. The third kappa shape index (κ3) is 6.10. The molecule has 2 unspecified atom stereocenters. The number of amides is 1. The number of halogens is 2. The van der Waals surface area contributed by atoms with Crippen LogP contribution in [0.5, 0.6) is 11.5 Å². The number of piperazine rings is 1. The first-order valence-corrected chi connectivity index (χ1v) is 16.5. The first-order valence-electron chi connectivity index (χ1n) is 14.5. The maximum absolute atomic E-state index is 15.2. The molecule has 14 heteroatoms. The van der Waals surface area contributed by atoms with Crippen LogP contribution in [0.2, 0.25) is 5.02 Å². The highest BCUT2D eigenvalue weighted by atomic mass is 35.5. The van der Waals surface area contributed by atoms with Crippen LogP contribution >= 0.6 is 11.6 Å². The molecule has 2 aliphatic heterocycles. The smallest absolute Gasteiger partial charge is 0.410 e. The predicted octanol–water partition coefficient (Wildman–Crippen LogP) is 6.06. The molecule has 2 atom stereocenters. The fourth-order valence-electron chi connectivity index (χ4n) is 5.43. The van der Waals surface area contributed by atoms with Crippen LogP contribution in [-0.2, 0) is 20.6 Å². The van der Waals surface area contributed by atoms with E-state index in [1.165, 1.54) is 12.3 Å². The van der Waals surface area contributed by atoms with Gasteiger partial charge in [0.1, 0.15) is 34.0 Å². The summed E-state index contributed by atoms with van der Waals surface area (Å²) in [5.74, 6) is 0.301. The maximum atomic E-state index is 15.2. The number of nitrogens with zero attached hydrogens (tertiary/aromatic N) is 6. The summed E-state index contributed by atoms with van der Waals surface area (Å²) in [6, 6.07) is 6.67. The molecule has 4 heterocycles. The number of carbonyl (C=O) groups excluding carboxylic acids is 1. The Morgan fingerprint density at radius 2 is 1.93 bits per heavy atom. The van der Waals surface area contributed by atoms with Crippen LogP contribution in [-0.4, -0.2) is 79.9 Å². The summed E-state index contributed by atoms with van der Waals surface area (Å²) in [5.41, 5.74) is 0.308. The molecule has 234 valence electrons. The number of fused-ring (bicyclic) bond motifs is 2. The topological polar surface area (TPSA) is 118 Å². The molecule has 2 aromatic heterocycles. The molecule has 44 heavy (non-hydrogen) atoms. The Hall–Kier alpha value is -3.39. The number of hydrogen-bond donors (Lipinski definition) is 0. The van der Waals surface area contributed by atoms with Crippen molar-refractivity contribution in [2.24, 2.45) is 0 Å². The standard InChI is InChI=1S/C30H34ClFN6O5S/c1-30(2,3)43-29(39)37-13-11-36(12-14-37)27-18-8-7-9-22(25(18)34-28(35-27)44(4)40)42-26-19-17-33-38(23-10-5-6-15-41-23)21(19)16-20(32)24(26)31/h7-9,16-17,23H,5-6,10-15H2,1-4H3. The van der Waals surface area contributed by atoms with Crippen LogP contribution in [0, 0.1) is 5.82 Å². The lowest BCUT2D eigenvalue weighted by Gasteiger charge is -2.36. The van der Waals surface area contributed by atoms with Gasteiger partial charge in [0.25, 0.3) is 0 Å². The summed E-state index contributed by atoms with van der Waals surface area (Å²) in [5, 5.41) is 5.60. The van der Waals surface area contributed by atoms with Crippen LogP contribution in [0.25, 0.3) is 21.8 Å². The van der Waals surface area contributed by atoms with Crippen LogP contribution in [0.4, 0.5) is 15.0 Å².